The molecule has 1 atom stereocenters. The van der Waals surface area contributed by atoms with E-state index in [0.29, 0.717) is 0 Å². The third-order valence-electron chi connectivity index (χ3n) is 4.76. The Morgan fingerprint density at radius 2 is 1.60 bits per heavy atom. The number of para-hydroxylation sites is 1. The van der Waals surface area contributed by atoms with Crippen LogP contribution in [-0.2, 0) is 6.42 Å². The summed E-state index contributed by atoms with van der Waals surface area (Å²) in [5.41, 5.74) is 4.98. The summed E-state index contributed by atoms with van der Waals surface area (Å²) >= 11 is 0. The minimum atomic E-state index is -0.185. The molecule has 0 spiro atoms. The summed E-state index contributed by atoms with van der Waals surface area (Å²) in [4.78, 5) is 2.40. The minimum absolute atomic E-state index is 0.185. The zero-order chi connectivity index (χ0) is 17.1. The molecular formula is C23H20FN. The van der Waals surface area contributed by atoms with Gasteiger partial charge < -0.3 is 4.90 Å². The lowest BCUT2D eigenvalue weighted by Crippen LogP contribution is -2.25. The van der Waals surface area contributed by atoms with E-state index in [-0.39, 0.29) is 11.9 Å². The van der Waals surface area contributed by atoms with Crippen molar-refractivity contribution in [3.05, 3.63) is 107 Å². The molecule has 3 aromatic rings. The van der Waals surface area contributed by atoms with Gasteiger partial charge in [0.1, 0.15) is 5.82 Å². The molecule has 1 heterocycles. The second-order valence-electron chi connectivity index (χ2n) is 6.37. The van der Waals surface area contributed by atoms with Gasteiger partial charge in [-0.1, -0.05) is 72.8 Å². The zero-order valence-corrected chi connectivity index (χ0v) is 14.0. The molecule has 2 heteroatoms. The van der Waals surface area contributed by atoms with Gasteiger partial charge in [0.05, 0.1) is 6.04 Å². The van der Waals surface area contributed by atoms with E-state index in [0.717, 1.165) is 18.5 Å². The van der Waals surface area contributed by atoms with Gasteiger partial charge in [0.15, 0.2) is 0 Å². The Labute approximate surface area is 148 Å². The Morgan fingerprint density at radius 1 is 0.880 bits per heavy atom. The summed E-state index contributed by atoms with van der Waals surface area (Å²) in [6, 6.07) is 26.0. The Kier molecular flexibility index (Phi) is 4.34. The number of benzene rings is 3. The standard InChI is InChI=1S/C23H20FN/c24-21-14-12-19(13-15-21)23-17-20-10-4-5-11-22(20)25(23)16-6-9-18-7-2-1-3-8-18/h1-15,23H,16-17H2/b9-6+/t23-/m1/s1. The molecular weight excluding hydrogens is 309 g/mol. The number of anilines is 1. The van der Waals surface area contributed by atoms with E-state index in [2.05, 4.69) is 53.5 Å². The Bertz CT molecular complexity index is 868. The molecule has 1 nitrogen and oxygen atoms in total. The van der Waals surface area contributed by atoms with Gasteiger partial charge in [-0.05, 0) is 41.3 Å². The third-order valence-corrected chi connectivity index (χ3v) is 4.76. The first kappa shape index (κ1) is 15.6. The van der Waals surface area contributed by atoms with Gasteiger partial charge in [-0.3, -0.25) is 0 Å². The number of fused-ring (bicyclic) bond motifs is 1. The first-order chi connectivity index (χ1) is 12.3. The predicted octanol–water partition coefficient (Wildman–Crippen LogP) is 5.64. The SMILES string of the molecule is Fc1ccc([C@H]2Cc3ccccc3N2C/C=C/c2ccccc2)cc1. The fourth-order valence-electron chi connectivity index (χ4n) is 3.52. The van der Waals surface area contributed by atoms with Gasteiger partial charge in [0.25, 0.3) is 0 Å². The van der Waals surface area contributed by atoms with Gasteiger partial charge in [0.2, 0.25) is 0 Å². The van der Waals surface area contributed by atoms with Crippen LogP contribution in [0.4, 0.5) is 10.1 Å². The van der Waals surface area contributed by atoms with Crippen molar-refractivity contribution in [3.8, 4) is 0 Å². The highest BCUT2D eigenvalue weighted by Crippen LogP contribution is 2.40. The van der Waals surface area contributed by atoms with Crippen molar-refractivity contribution in [1.82, 2.24) is 0 Å². The average molecular weight is 329 g/mol. The fourth-order valence-corrected chi connectivity index (χ4v) is 3.52. The van der Waals surface area contributed by atoms with Crippen molar-refractivity contribution in [3.63, 3.8) is 0 Å². The molecule has 4 rings (SSSR count). The Balaban J connectivity index is 1.61. The maximum atomic E-state index is 13.3. The molecule has 1 aliphatic heterocycles. The van der Waals surface area contributed by atoms with Crippen molar-refractivity contribution in [1.29, 1.82) is 0 Å². The van der Waals surface area contributed by atoms with E-state index in [4.69, 9.17) is 0 Å². The molecule has 124 valence electrons. The van der Waals surface area contributed by atoms with Gasteiger partial charge in [-0.15, -0.1) is 0 Å². The van der Waals surface area contributed by atoms with Crippen molar-refractivity contribution < 1.29 is 4.39 Å². The lowest BCUT2D eigenvalue weighted by atomic mass is 10.0. The van der Waals surface area contributed by atoms with Crippen LogP contribution in [0.5, 0.6) is 0 Å². The molecule has 25 heavy (non-hydrogen) atoms. The van der Waals surface area contributed by atoms with Crippen LogP contribution in [0.2, 0.25) is 0 Å². The normalized spacial score (nSPS) is 16.4. The first-order valence-electron chi connectivity index (χ1n) is 8.63. The highest BCUT2D eigenvalue weighted by atomic mass is 19.1. The molecule has 0 unspecified atom stereocenters. The van der Waals surface area contributed by atoms with Crippen molar-refractivity contribution in [2.75, 3.05) is 11.4 Å². The molecule has 0 fully saturated rings. The second-order valence-corrected chi connectivity index (χ2v) is 6.37. The largest absolute Gasteiger partial charge is 0.360 e. The molecule has 0 saturated carbocycles. The molecule has 0 aromatic heterocycles. The number of hydrogen-bond acceptors (Lipinski definition) is 1. The van der Waals surface area contributed by atoms with Crippen LogP contribution in [0.15, 0.2) is 84.9 Å². The quantitative estimate of drug-likeness (QED) is 0.598. The summed E-state index contributed by atoms with van der Waals surface area (Å²) in [7, 11) is 0. The van der Waals surface area contributed by atoms with E-state index in [9.17, 15) is 4.39 Å². The van der Waals surface area contributed by atoms with Crippen LogP contribution in [0.3, 0.4) is 0 Å². The summed E-state index contributed by atoms with van der Waals surface area (Å²) in [5.74, 6) is -0.185. The number of nitrogens with zero attached hydrogens (tertiary/aromatic N) is 1. The summed E-state index contributed by atoms with van der Waals surface area (Å²) in [5, 5.41) is 0. The number of halogens is 1. The molecule has 1 aliphatic rings. The van der Waals surface area contributed by atoms with Gasteiger partial charge >= 0.3 is 0 Å². The van der Waals surface area contributed by atoms with E-state index >= 15 is 0 Å². The summed E-state index contributed by atoms with van der Waals surface area (Å²) < 4.78 is 13.3. The smallest absolute Gasteiger partial charge is 0.123 e. The van der Waals surface area contributed by atoms with E-state index in [1.54, 1.807) is 12.1 Å². The number of hydrogen-bond donors (Lipinski definition) is 0. The van der Waals surface area contributed by atoms with E-state index in [1.807, 2.05) is 30.3 Å². The van der Waals surface area contributed by atoms with Crippen LogP contribution in [0, 0.1) is 5.82 Å². The molecule has 0 N–H and O–H groups in total. The van der Waals surface area contributed by atoms with Crippen LogP contribution in [0.1, 0.15) is 22.7 Å². The second kappa shape index (κ2) is 6.94. The highest BCUT2D eigenvalue weighted by molar-refractivity contribution is 5.62. The molecule has 0 amide bonds. The monoisotopic (exact) mass is 329 g/mol. The lowest BCUT2D eigenvalue weighted by Gasteiger charge is -2.27. The van der Waals surface area contributed by atoms with Crippen LogP contribution >= 0.6 is 0 Å². The van der Waals surface area contributed by atoms with Gasteiger partial charge in [0, 0.05) is 12.2 Å². The Hall–Kier alpha value is -2.87. The lowest BCUT2D eigenvalue weighted by molar-refractivity contribution is 0.623. The summed E-state index contributed by atoms with van der Waals surface area (Å²) in [6.45, 7) is 0.827. The fraction of sp³-hybridized carbons (Fsp3) is 0.130. The third kappa shape index (κ3) is 3.34. The summed E-state index contributed by atoms with van der Waals surface area (Å²) in [6.07, 6.45) is 5.32. The van der Waals surface area contributed by atoms with Crippen molar-refractivity contribution >= 4 is 11.8 Å². The predicted molar refractivity (Wildman–Crippen MR) is 102 cm³/mol. The van der Waals surface area contributed by atoms with E-state index < -0.39 is 0 Å². The maximum absolute atomic E-state index is 13.3. The molecule has 0 saturated heterocycles. The van der Waals surface area contributed by atoms with Crippen LogP contribution in [-0.4, -0.2) is 6.54 Å². The number of rotatable bonds is 4. The molecule has 0 bridgehead atoms. The Morgan fingerprint density at radius 3 is 2.40 bits per heavy atom. The van der Waals surface area contributed by atoms with Gasteiger partial charge in [-0.2, -0.15) is 0 Å². The van der Waals surface area contributed by atoms with Crippen molar-refractivity contribution in [2.45, 2.75) is 12.5 Å². The van der Waals surface area contributed by atoms with Crippen LogP contribution < -0.4 is 4.90 Å². The zero-order valence-electron chi connectivity index (χ0n) is 14.0. The van der Waals surface area contributed by atoms with Crippen molar-refractivity contribution in [2.24, 2.45) is 0 Å². The van der Waals surface area contributed by atoms with Gasteiger partial charge in [-0.25, -0.2) is 4.39 Å². The molecule has 0 radical (unpaired) electrons. The topological polar surface area (TPSA) is 3.24 Å². The average Bonchev–Trinajstić information content (AvgIpc) is 3.02. The minimum Gasteiger partial charge on any atom is -0.360 e. The van der Waals surface area contributed by atoms with E-state index in [1.165, 1.54) is 16.8 Å². The van der Waals surface area contributed by atoms with Crippen LogP contribution in [0.25, 0.3) is 6.08 Å². The highest BCUT2D eigenvalue weighted by Gasteiger charge is 2.29. The molecule has 0 aliphatic carbocycles. The molecule has 3 aromatic carbocycles. The first-order valence-corrected chi connectivity index (χ1v) is 8.63. The maximum Gasteiger partial charge on any atom is 0.123 e.